The molecule has 11 heteroatoms. The molecule has 1 amide bonds. The molecule has 4 aromatic rings. The van der Waals surface area contributed by atoms with Crippen molar-refractivity contribution in [2.24, 2.45) is 5.92 Å². The number of aliphatic hydroxyl groups excluding tert-OH is 2. The van der Waals surface area contributed by atoms with E-state index in [0.717, 1.165) is 30.4 Å². The Labute approximate surface area is 248 Å². The van der Waals surface area contributed by atoms with Gasteiger partial charge in [0.25, 0.3) is 0 Å². The van der Waals surface area contributed by atoms with Gasteiger partial charge in [-0.15, -0.1) is 11.8 Å². The Hall–Kier alpha value is -3.18. The average Bonchev–Trinajstić information content (AvgIpc) is 3.53. The van der Waals surface area contributed by atoms with Crippen LogP contribution in [0.4, 0.5) is 5.82 Å². The van der Waals surface area contributed by atoms with Crippen LogP contribution in [0.1, 0.15) is 34.9 Å². The largest absolute Gasteiger partial charge is 0.389 e. The first-order valence-corrected chi connectivity index (χ1v) is 15.2. The van der Waals surface area contributed by atoms with Gasteiger partial charge >= 0.3 is 0 Å². The van der Waals surface area contributed by atoms with Crippen LogP contribution >= 0.6 is 23.4 Å². The minimum absolute atomic E-state index is 0.0376. The smallest absolute Gasteiger partial charge is 0.238 e. The summed E-state index contributed by atoms with van der Waals surface area (Å²) in [5.74, 6) is 0.863. The zero-order valence-corrected chi connectivity index (χ0v) is 24.3. The number of piperidine rings is 1. The van der Waals surface area contributed by atoms with Crippen molar-refractivity contribution in [1.29, 1.82) is 0 Å². The van der Waals surface area contributed by atoms with E-state index in [1.165, 1.54) is 17.3 Å². The molecule has 2 saturated heterocycles. The number of aromatic nitrogens is 4. The van der Waals surface area contributed by atoms with E-state index in [2.05, 4.69) is 44.5 Å². The van der Waals surface area contributed by atoms with Crippen molar-refractivity contribution in [3.8, 4) is 0 Å². The zero-order chi connectivity index (χ0) is 28.5. The third-order valence-electron chi connectivity index (χ3n) is 8.15. The number of nitrogens with zero attached hydrogens (tertiary/aromatic N) is 5. The number of benzene rings is 2. The number of fused-ring (bicyclic) bond motifs is 1. The Bertz CT molecular complexity index is 1530. The van der Waals surface area contributed by atoms with E-state index in [4.69, 9.17) is 11.6 Å². The molecule has 9 nitrogen and oxygen atoms in total. The maximum absolute atomic E-state index is 13.5. The van der Waals surface area contributed by atoms with Crippen LogP contribution in [0.3, 0.4) is 0 Å². The van der Waals surface area contributed by atoms with Gasteiger partial charge in [0.1, 0.15) is 22.8 Å². The summed E-state index contributed by atoms with van der Waals surface area (Å²) in [7, 11) is 0. The van der Waals surface area contributed by atoms with Gasteiger partial charge in [0.15, 0.2) is 17.0 Å². The number of hydrogen-bond acceptors (Lipinski definition) is 8. The van der Waals surface area contributed by atoms with Gasteiger partial charge in [0.2, 0.25) is 11.2 Å². The van der Waals surface area contributed by atoms with E-state index in [0.29, 0.717) is 42.5 Å². The van der Waals surface area contributed by atoms with Gasteiger partial charge in [-0.3, -0.25) is 9.36 Å². The van der Waals surface area contributed by atoms with Gasteiger partial charge in [0, 0.05) is 19.6 Å². The molecule has 2 aromatic heterocycles. The molecule has 2 aliphatic rings. The number of imidazole rings is 1. The Morgan fingerprint density at radius 3 is 2.54 bits per heavy atom. The Kier molecular flexibility index (Phi) is 8.16. The maximum Gasteiger partial charge on any atom is 0.238 e. The number of amides is 1. The quantitative estimate of drug-likeness (QED) is 0.273. The van der Waals surface area contributed by atoms with Crippen LogP contribution in [-0.2, 0) is 17.8 Å². The van der Waals surface area contributed by atoms with Crippen molar-refractivity contribution in [2.75, 3.05) is 18.4 Å². The topological polar surface area (TPSA) is 116 Å². The summed E-state index contributed by atoms with van der Waals surface area (Å²) in [6.45, 7) is 3.87. The SMILES string of the molecule is Cc1ccccc1CNc1nc(Cl)nc2c1ncn2[C@@H]1S[C@H](C(=O)N2CCC(Cc3ccccc3)CC2)[C@@H](O)[C@H]1O. The molecule has 41 heavy (non-hydrogen) atoms. The van der Waals surface area contributed by atoms with Crippen LogP contribution in [0, 0.1) is 12.8 Å². The summed E-state index contributed by atoms with van der Waals surface area (Å²) >= 11 is 7.53. The minimum Gasteiger partial charge on any atom is -0.389 e. The van der Waals surface area contributed by atoms with Crippen LogP contribution in [0.2, 0.25) is 5.28 Å². The van der Waals surface area contributed by atoms with Crippen LogP contribution < -0.4 is 5.32 Å². The van der Waals surface area contributed by atoms with Gasteiger partial charge in [-0.2, -0.15) is 9.97 Å². The van der Waals surface area contributed by atoms with E-state index in [9.17, 15) is 15.0 Å². The number of likely N-dealkylation sites (tertiary alicyclic amines) is 1. The number of halogens is 1. The predicted molar refractivity (Wildman–Crippen MR) is 161 cm³/mol. The molecule has 214 valence electrons. The molecule has 0 radical (unpaired) electrons. The van der Waals surface area contributed by atoms with Gasteiger partial charge in [-0.1, -0.05) is 54.6 Å². The number of anilines is 1. The zero-order valence-electron chi connectivity index (χ0n) is 22.7. The molecule has 2 aliphatic heterocycles. The van der Waals surface area contributed by atoms with E-state index < -0.39 is 22.8 Å². The lowest BCUT2D eigenvalue weighted by atomic mass is 9.90. The second kappa shape index (κ2) is 12.0. The fourth-order valence-corrected chi connectivity index (χ4v) is 7.42. The molecule has 2 fully saturated rings. The molecule has 2 aromatic carbocycles. The van der Waals surface area contributed by atoms with Gasteiger partial charge in [-0.25, -0.2) is 4.98 Å². The highest BCUT2D eigenvalue weighted by Gasteiger charge is 2.48. The number of aryl methyl sites for hydroxylation is 1. The number of carbonyl (C=O) groups excluding carboxylic acids is 1. The molecular weight excluding hydrogens is 560 g/mol. The lowest BCUT2D eigenvalue weighted by Gasteiger charge is -2.34. The van der Waals surface area contributed by atoms with Crippen LogP contribution in [0.5, 0.6) is 0 Å². The number of aliphatic hydroxyl groups is 2. The number of nitrogens with one attached hydrogen (secondary N) is 1. The molecule has 4 heterocycles. The standard InChI is InChI=1S/C30H33ClN6O3S/c1-18-7-5-6-10-21(18)16-32-26-22-27(35-30(31)34-26)37(17-33-22)29-24(39)23(38)25(41-29)28(40)36-13-11-20(12-14-36)15-19-8-3-2-4-9-19/h2-10,17,20,23-25,29,38-39H,11-16H2,1H3,(H,32,34,35)/t23-,24+,25-,29+/m0/s1. The molecule has 4 atom stereocenters. The van der Waals surface area contributed by atoms with Crippen LogP contribution in [0.25, 0.3) is 11.2 Å². The highest BCUT2D eigenvalue weighted by molar-refractivity contribution is 8.01. The summed E-state index contributed by atoms with van der Waals surface area (Å²) in [6, 6.07) is 18.5. The first-order valence-electron chi connectivity index (χ1n) is 13.9. The summed E-state index contributed by atoms with van der Waals surface area (Å²) in [5, 5.41) is 23.9. The third kappa shape index (κ3) is 5.79. The third-order valence-corrected chi connectivity index (χ3v) is 9.88. The average molecular weight is 593 g/mol. The first-order chi connectivity index (χ1) is 19.9. The summed E-state index contributed by atoms with van der Waals surface area (Å²) in [5.41, 5.74) is 4.51. The van der Waals surface area contributed by atoms with Gasteiger partial charge in [0.05, 0.1) is 6.33 Å². The highest BCUT2D eigenvalue weighted by Crippen LogP contribution is 2.44. The van der Waals surface area contributed by atoms with Gasteiger partial charge < -0.3 is 20.4 Å². The fraction of sp³-hybridized carbons (Fsp3) is 0.400. The molecule has 0 bridgehead atoms. The van der Waals surface area contributed by atoms with Crippen molar-refractivity contribution in [3.05, 3.63) is 82.9 Å². The normalized spacial score (nSPS) is 23.3. The van der Waals surface area contributed by atoms with E-state index in [1.54, 1.807) is 10.9 Å². The summed E-state index contributed by atoms with van der Waals surface area (Å²) in [6.07, 6.45) is 2.00. The lowest BCUT2D eigenvalue weighted by molar-refractivity contribution is -0.135. The maximum atomic E-state index is 13.5. The molecule has 3 N–H and O–H groups in total. The predicted octanol–water partition coefficient (Wildman–Crippen LogP) is 4.22. The van der Waals surface area contributed by atoms with Crippen LogP contribution in [0.15, 0.2) is 60.9 Å². The van der Waals surface area contributed by atoms with Crippen molar-refractivity contribution < 1.29 is 15.0 Å². The van der Waals surface area contributed by atoms with E-state index >= 15 is 0 Å². The Morgan fingerprint density at radius 1 is 1.05 bits per heavy atom. The minimum atomic E-state index is -1.21. The summed E-state index contributed by atoms with van der Waals surface area (Å²) in [4.78, 5) is 28.6. The molecule has 0 aliphatic carbocycles. The molecule has 0 saturated carbocycles. The molecule has 0 unspecified atom stereocenters. The Morgan fingerprint density at radius 2 is 1.78 bits per heavy atom. The second-order valence-corrected chi connectivity index (χ2v) is 12.4. The molecule has 0 spiro atoms. The first kappa shape index (κ1) is 28.0. The van der Waals surface area contributed by atoms with Crippen LogP contribution in [-0.4, -0.2) is 71.1 Å². The van der Waals surface area contributed by atoms with Crippen molar-refractivity contribution in [2.45, 2.75) is 55.6 Å². The van der Waals surface area contributed by atoms with E-state index in [1.807, 2.05) is 42.2 Å². The number of carbonyl (C=O) groups is 1. The van der Waals surface area contributed by atoms with Crippen molar-refractivity contribution in [3.63, 3.8) is 0 Å². The number of hydrogen-bond donors (Lipinski definition) is 3. The van der Waals surface area contributed by atoms with Crippen molar-refractivity contribution >= 4 is 46.3 Å². The second-order valence-electron chi connectivity index (χ2n) is 10.8. The number of thioether (sulfide) groups is 1. The monoisotopic (exact) mass is 592 g/mol. The van der Waals surface area contributed by atoms with Crippen molar-refractivity contribution in [1.82, 2.24) is 24.4 Å². The fourth-order valence-electron chi connectivity index (χ4n) is 5.77. The molecule has 6 rings (SSSR count). The number of rotatable bonds is 7. The van der Waals surface area contributed by atoms with E-state index in [-0.39, 0.29) is 11.2 Å². The Balaban J connectivity index is 1.15. The van der Waals surface area contributed by atoms with Gasteiger partial charge in [-0.05, 0) is 60.4 Å². The summed E-state index contributed by atoms with van der Waals surface area (Å²) < 4.78 is 1.68. The molecular formula is C30H33ClN6O3S. The highest BCUT2D eigenvalue weighted by atomic mass is 35.5. The lowest BCUT2D eigenvalue weighted by Crippen LogP contribution is -2.47.